The van der Waals surface area contributed by atoms with Gasteiger partial charge < -0.3 is 20.4 Å². The van der Waals surface area contributed by atoms with Crippen molar-refractivity contribution in [1.82, 2.24) is 10.2 Å². The quantitative estimate of drug-likeness (QED) is 0.428. The molecule has 0 fully saturated rings. The topological polar surface area (TPSA) is 64.7 Å². The van der Waals surface area contributed by atoms with Crippen molar-refractivity contribution >= 4 is 23.2 Å². The van der Waals surface area contributed by atoms with Gasteiger partial charge in [-0.15, -0.1) is 0 Å². The summed E-state index contributed by atoms with van der Waals surface area (Å²) in [6.45, 7) is 3.73. The molecule has 0 atom stereocenters. The fourth-order valence-corrected chi connectivity index (χ4v) is 3.66. The summed E-state index contributed by atoms with van der Waals surface area (Å²) in [5.41, 5.74) is 3.83. The predicted octanol–water partition coefficient (Wildman–Crippen LogP) is 4.81. The number of amides is 2. The van der Waals surface area contributed by atoms with E-state index in [2.05, 4.69) is 22.5 Å². The van der Waals surface area contributed by atoms with Gasteiger partial charge in [0.2, 0.25) is 0 Å². The van der Waals surface area contributed by atoms with E-state index in [-0.39, 0.29) is 11.8 Å². The maximum absolute atomic E-state index is 12.8. The van der Waals surface area contributed by atoms with E-state index in [9.17, 15) is 9.59 Å². The lowest BCUT2D eigenvalue weighted by molar-refractivity contribution is 0.0951. The van der Waals surface area contributed by atoms with E-state index in [0.717, 1.165) is 25.1 Å². The summed E-state index contributed by atoms with van der Waals surface area (Å²) in [6, 6.07) is 13.2. The average Bonchev–Trinajstić information content (AvgIpc) is 2.79. The van der Waals surface area contributed by atoms with Crippen molar-refractivity contribution in [3.63, 3.8) is 0 Å². The van der Waals surface area contributed by atoms with Gasteiger partial charge in [-0.3, -0.25) is 9.59 Å². The summed E-state index contributed by atoms with van der Waals surface area (Å²) in [5.74, 6) is -0.316. The third kappa shape index (κ3) is 8.89. The summed E-state index contributed by atoms with van der Waals surface area (Å²) in [6.07, 6.45) is 6.84. The Balaban J connectivity index is 2.03. The van der Waals surface area contributed by atoms with Gasteiger partial charge in [0.15, 0.2) is 0 Å². The summed E-state index contributed by atoms with van der Waals surface area (Å²) >= 11 is 0. The molecule has 0 saturated carbocycles. The molecule has 0 bridgehead atoms. The van der Waals surface area contributed by atoms with Gasteiger partial charge in [0.05, 0.1) is 5.56 Å². The Kier molecular flexibility index (Phi) is 10.9. The number of nitrogens with zero attached hydrogens (tertiary/aromatic N) is 2. The lowest BCUT2D eigenvalue weighted by Gasteiger charge is -2.19. The van der Waals surface area contributed by atoms with Crippen molar-refractivity contribution < 1.29 is 9.59 Å². The third-order valence-corrected chi connectivity index (χ3v) is 5.58. The molecule has 180 valence electrons. The highest BCUT2D eigenvalue weighted by Gasteiger charge is 2.15. The Morgan fingerprint density at radius 1 is 0.848 bits per heavy atom. The second-order valence-electron chi connectivity index (χ2n) is 9.00. The molecule has 0 aliphatic carbocycles. The van der Waals surface area contributed by atoms with Gasteiger partial charge in [0.25, 0.3) is 11.8 Å². The van der Waals surface area contributed by atoms with Crippen LogP contribution < -0.4 is 15.5 Å². The highest BCUT2D eigenvalue weighted by molar-refractivity contribution is 6.06. The first-order valence-electron chi connectivity index (χ1n) is 12.0. The number of carbonyl (C=O) groups is 2. The van der Waals surface area contributed by atoms with E-state index < -0.39 is 0 Å². The number of anilines is 2. The van der Waals surface area contributed by atoms with Crippen LogP contribution in [0, 0.1) is 0 Å². The molecule has 0 unspecified atom stereocenters. The van der Waals surface area contributed by atoms with Gasteiger partial charge in [-0.1, -0.05) is 38.3 Å². The zero-order valence-corrected chi connectivity index (χ0v) is 20.9. The standard InChI is InChI=1S/C27H40N4O2/c1-6-7-8-9-11-21-12-14-22(15-13-21)26(32)29-23-16-17-25(31(4)5)24(20-23)27(33)28-18-10-19-30(2)3/h12-17,20H,6-11,18-19H2,1-5H3,(H,28,33)(H,29,32). The molecule has 6 heteroatoms. The predicted molar refractivity (Wildman–Crippen MR) is 139 cm³/mol. The largest absolute Gasteiger partial charge is 0.377 e. The van der Waals surface area contributed by atoms with Gasteiger partial charge in [-0.2, -0.15) is 0 Å². The van der Waals surface area contributed by atoms with Gasteiger partial charge in [0.1, 0.15) is 0 Å². The number of rotatable bonds is 13. The average molecular weight is 453 g/mol. The minimum absolute atomic E-state index is 0.138. The molecule has 2 amide bonds. The van der Waals surface area contributed by atoms with Crippen molar-refractivity contribution in [3.05, 3.63) is 59.2 Å². The molecule has 0 heterocycles. The molecule has 0 aliphatic heterocycles. The van der Waals surface area contributed by atoms with Gasteiger partial charge in [-0.05, 0) is 75.8 Å². The second-order valence-corrected chi connectivity index (χ2v) is 9.00. The zero-order valence-electron chi connectivity index (χ0n) is 20.9. The number of benzene rings is 2. The molecule has 2 aromatic rings. The van der Waals surface area contributed by atoms with Crippen molar-refractivity contribution in [2.45, 2.75) is 45.4 Å². The van der Waals surface area contributed by atoms with Gasteiger partial charge >= 0.3 is 0 Å². The first kappa shape index (κ1) is 26.4. The number of hydrogen-bond donors (Lipinski definition) is 2. The van der Waals surface area contributed by atoms with Crippen LogP contribution in [0.2, 0.25) is 0 Å². The molecule has 0 radical (unpaired) electrons. The normalized spacial score (nSPS) is 10.8. The summed E-state index contributed by atoms with van der Waals surface area (Å²) in [7, 11) is 7.83. The third-order valence-electron chi connectivity index (χ3n) is 5.58. The van der Waals surface area contributed by atoms with E-state index in [1.54, 1.807) is 6.07 Å². The van der Waals surface area contributed by atoms with Crippen LogP contribution in [0.5, 0.6) is 0 Å². The second kappa shape index (κ2) is 13.6. The van der Waals surface area contributed by atoms with Crippen LogP contribution in [0.4, 0.5) is 11.4 Å². The smallest absolute Gasteiger partial charge is 0.255 e. The Bertz CT molecular complexity index is 891. The maximum atomic E-state index is 12.8. The number of carbonyl (C=O) groups excluding carboxylic acids is 2. The molecule has 0 aliphatic rings. The van der Waals surface area contributed by atoms with E-state index >= 15 is 0 Å². The van der Waals surface area contributed by atoms with Crippen LogP contribution in [0.1, 0.15) is 65.3 Å². The molecule has 2 rings (SSSR count). The van der Waals surface area contributed by atoms with Crippen molar-refractivity contribution in [3.8, 4) is 0 Å². The molecule has 33 heavy (non-hydrogen) atoms. The molecule has 2 aromatic carbocycles. The number of aryl methyl sites for hydroxylation is 1. The zero-order chi connectivity index (χ0) is 24.2. The molecule has 0 aromatic heterocycles. The van der Waals surface area contributed by atoms with E-state index in [1.807, 2.05) is 69.5 Å². The molecule has 0 saturated heterocycles. The molecular formula is C27H40N4O2. The van der Waals surface area contributed by atoms with Crippen LogP contribution >= 0.6 is 0 Å². The molecule has 2 N–H and O–H groups in total. The SMILES string of the molecule is CCCCCCc1ccc(C(=O)Nc2ccc(N(C)C)c(C(=O)NCCCN(C)C)c2)cc1. The maximum Gasteiger partial charge on any atom is 0.255 e. The van der Waals surface area contributed by atoms with Crippen LogP contribution in [0.3, 0.4) is 0 Å². The summed E-state index contributed by atoms with van der Waals surface area (Å²) in [4.78, 5) is 29.6. The Hall–Kier alpha value is -2.86. The fourth-order valence-electron chi connectivity index (χ4n) is 3.66. The minimum atomic E-state index is -0.178. The van der Waals surface area contributed by atoms with Crippen LogP contribution in [0.25, 0.3) is 0 Å². The highest BCUT2D eigenvalue weighted by Crippen LogP contribution is 2.23. The first-order valence-corrected chi connectivity index (χ1v) is 12.0. The van der Waals surface area contributed by atoms with Crippen LogP contribution in [0.15, 0.2) is 42.5 Å². The molecule has 6 nitrogen and oxygen atoms in total. The lowest BCUT2D eigenvalue weighted by atomic mass is 10.0. The van der Waals surface area contributed by atoms with E-state index in [1.165, 1.54) is 31.2 Å². The van der Waals surface area contributed by atoms with Gasteiger partial charge in [-0.25, -0.2) is 0 Å². The van der Waals surface area contributed by atoms with Crippen LogP contribution in [-0.2, 0) is 6.42 Å². The first-order chi connectivity index (χ1) is 15.8. The Morgan fingerprint density at radius 3 is 2.21 bits per heavy atom. The number of unbranched alkanes of at least 4 members (excludes halogenated alkanes) is 3. The number of hydrogen-bond acceptors (Lipinski definition) is 4. The van der Waals surface area contributed by atoms with Crippen LogP contribution in [-0.4, -0.2) is 58.0 Å². The minimum Gasteiger partial charge on any atom is -0.377 e. The van der Waals surface area contributed by atoms with E-state index in [0.29, 0.717) is 23.4 Å². The monoisotopic (exact) mass is 452 g/mol. The number of nitrogens with one attached hydrogen (secondary N) is 2. The Morgan fingerprint density at radius 2 is 1.58 bits per heavy atom. The lowest BCUT2D eigenvalue weighted by Crippen LogP contribution is -2.28. The molecular weight excluding hydrogens is 412 g/mol. The fraction of sp³-hybridized carbons (Fsp3) is 0.481. The summed E-state index contributed by atoms with van der Waals surface area (Å²) < 4.78 is 0. The summed E-state index contributed by atoms with van der Waals surface area (Å²) in [5, 5.41) is 5.92. The van der Waals surface area contributed by atoms with Gasteiger partial charge in [0, 0.05) is 37.6 Å². The van der Waals surface area contributed by atoms with E-state index in [4.69, 9.17) is 0 Å². The van der Waals surface area contributed by atoms with Crippen molar-refractivity contribution in [2.75, 3.05) is 51.5 Å². The van der Waals surface area contributed by atoms with Crippen molar-refractivity contribution in [2.24, 2.45) is 0 Å². The Labute approximate surface area is 199 Å². The van der Waals surface area contributed by atoms with Crippen molar-refractivity contribution in [1.29, 1.82) is 0 Å². The highest BCUT2D eigenvalue weighted by atomic mass is 16.2. The molecule has 0 spiro atoms.